The first kappa shape index (κ1) is 16.7. The van der Waals surface area contributed by atoms with Gasteiger partial charge in [-0.1, -0.05) is 6.08 Å². The molecule has 1 fully saturated rings. The minimum atomic E-state index is -0.355. The van der Waals surface area contributed by atoms with Gasteiger partial charge in [0.1, 0.15) is 0 Å². The largest absolute Gasteiger partial charge is 0.491 e. The van der Waals surface area contributed by atoms with Crippen LogP contribution in [0.4, 0.5) is 0 Å². The molecule has 1 aromatic rings. The van der Waals surface area contributed by atoms with Crippen molar-refractivity contribution in [3.8, 4) is 0 Å². The van der Waals surface area contributed by atoms with Gasteiger partial charge in [0.15, 0.2) is 0 Å². The molecule has 1 saturated heterocycles. The molecule has 0 atom stereocenters. The van der Waals surface area contributed by atoms with E-state index in [1.54, 1.807) is 0 Å². The van der Waals surface area contributed by atoms with Crippen LogP contribution >= 0.6 is 12.6 Å². The van der Waals surface area contributed by atoms with Crippen molar-refractivity contribution in [1.29, 1.82) is 0 Å². The Morgan fingerprint density at radius 3 is 2.14 bits per heavy atom. The predicted octanol–water partition coefficient (Wildman–Crippen LogP) is 2.98. The van der Waals surface area contributed by atoms with Crippen molar-refractivity contribution in [3.63, 3.8) is 0 Å². The Labute approximate surface area is 133 Å². The lowest BCUT2D eigenvalue weighted by molar-refractivity contribution is 0.00578. The number of aryl methyl sites for hydroxylation is 2. The molecule has 1 aliphatic heterocycles. The van der Waals surface area contributed by atoms with Crippen LogP contribution in [0.1, 0.15) is 44.6 Å². The van der Waals surface area contributed by atoms with E-state index in [1.807, 2.05) is 18.7 Å². The molecule has 0 saturated carbocycles. The summed E-state index contributed by atoms with van der Waals surface area (Å²) in [6.07, 6.45) is 2.10. The van der Waals surface area contributed by atoms with Crippen LogP contribution in [0.5, 0.6) is 0 Å². The first-order valence-electron chi connectivity index (χ1n) is 7.26. The summed E-state index contributed by atoms with van der Waals surface area (Å²) in [6, 6.07) is 0. The molecular formula is C15H25BN2O2S. The van der Waals surface area contributed by atoms with E-state index >= 15 is 0 Å². The zero-order valence-corrected chi connectivity index (χ0v) is 14.9. The summed E-state index contributed by atoms with van der Waals surface area (Å²) in [6.45, 7) is 12.3. The topological polar surface area (TPSA) is 36.3 Å². The second-order valence-corrected chi connectivity index (χ2v) is 6.99. The van der Waals surface area contributed by atoms with Crippen molar-refractivity contribution in [3.05, 3.63) is 22.4 Å². The molecule has 0 N–H and O–H groups in total. The van der Waals surface area contributed by atoms with Gasteiger partial charge in [-0.2, -0.15) is 17.7 Å². The Hall–Kier alpha value is -0.715. The molecule has 0 aromatic carbocycles. The quantitative estimate of drug-likeness (QED) is 0.689. The summed E-state index contributed by atoms with van der Waals surface area (Å²) in [7, 11) is 1.60. The number of thiol groups is 1. The number of nitrogens with zero attached hydrogens (tertiary/aromatic N) is 2. The summed E-state index contributed by atoms with van der Waals surface area (Å²) in [5, 5.41) is 4.45. The van der Waals surface area contributed by atoms with Crippen molar-refractivity contribution in [2.45, 2.75) is 52.7 Å². The van der Waals surface area contributed by atoms with Gasteiger partial charge in [0.2, 0.25) is 0 Å². The maximum atomic E-state index is 6.11. The molecular weight excluding hydrogens is 283 g/mol. The fraction of sp³-hybridized carbons (Fsp3) is 0.667. The monoisotopic (exact) mass is 308 g/mol. The van der Waals surface area contributed by atoms with Crippen LogP contribution in [-0.2, 0) is 16.4 Å². The van der Waals surface area contributed by atoms with Crippen molar-refractivity contribution >= 4 is 25.8 Å². The first-order valence-corrected chi connectivity index (χ1v) is 7.89. The van der Waals surface area contributed by atoms with E-state index in [-0.39, 0.29) is 18.3 Å². The van der Waals surface area contributed by atoms with Gasteiger partial charge in [-0.3, -0.25) is 4.68 Å². The smallest absolute Gasteiger partial charge is 0.400 e. The molecule has 1 aromatic heterocycles. The van der Waals surface area contributed by atoms with Crippen LogP contribution in [0, 0.1) is 13.8 Å². The Morgan fingerprint density at radius 2 is 1.76 bits per heavy atom. The molecule has 0 unspecified atom stereocenters. The lowest BCUT2D eigenvalue weighted by Gasteiger charge is -2.32. The molecule has 6 heteroatoms. The normalized spacial score (nSPS) is 21.1. The van der Waals surface area contributed by atoms with Gasteiger partial charge in [0, 0.05) is 24.1 Å². The van der Waals surface area contributed by atoms with Crippen molar-refractivity contribution in [2.24, 2.45) is 7.05 Å². The van der Waals surface area contributed by atoms with Gasteiger partial charge in [-0.25, -0.2) is 0 Å². The zero-order valence-electron chi connectivity index (χ0n) is 14.0. The van der Waals surface area contributed by atoms with Gasteiger partial charge < -0.3 is 9.31 Å². The molecule has 2 heterocycles. The van der Waals surface area contributed by atoms with Gasteiger partial charge in [-0.05, 0) is 47.0 Å². The fourth-order valence-electron chi connectivity index (χ4n) is 2.37. The second-order valence-electron chi connectivity index (χ2n) is 6.67. The van der Waals surface area contributed by atoms with Crippen LogP contribution < -0.4 is 0 Å². The highest BCUT2D eigenvalue weighted by molar-refractivity contribution is 7.80. The third-order valence-corrected chi connectivity index (χ3v) is 5.00. The lowest BCUT2D eigenvalue weighted by Crippen LogP contribution is -2.41. The molecule has 21 heavy (non-hydrogen) atoms. The highest BCUT2D eigenvalue weighted by Gasteiger charge is 2.52. The minimum Gasteiger partial charge on any atom is -0.400 e. The molecule has 116 valence electrons. The minimum absolute atomic E-state index is 0.335. The standard InChI is InChI=1S/C15H25BN2O2S/c1-10-13(11(2)18(7)17-10)8-12(9-21)16-19-14(3,4)15(5,6)20-16/h8,21H,9H2,1-7H3. The third kappa shape index (κ3) is 2.94. The number of hydrogen-bond acceptors (Lipinski definition) is 4. The summed E-state index contributed by atoms with van der Waals surface area (Å²) in [4.78, 5) is 0. The van der Waals surface area contributed by atoms with E-state index in [4.69, 9.17) is 9.31 Å². The maximum Gasteiger partial charge on any atom is 0.491 e. The van der Waals surface area contributed by atoms with Crippen LogP contribution in [0.15, 0.2) is 5.47 Å². The summed E-state index contributed by atoms with van der Waals surface area (Å²) in [5.74, 6) is 0.588. The van der Waals surface area contributed by atoms with Gasteiger partial charge in [0.05, 0.1) is 16.9 Å². The van der Waals surface area contributed by atoms with E-state index in [1.165, 1.54) is 0 Å². The SMILES string of the molecule is Cc1nn(C)c(C)c1C=C(CS)B1OC(C)(C)C(C)(C)O1. The molecule has 0 spiro atoms. The highest BCUT2D eigenvalue weighted by Crippen LogP contribution is 2.39. The Bertz CT molecular complexity index is 562. The van der Waals surface area contributed by atoms with Crippen LogP contribution in [0.3, 0.4) is 0 Å². The van der Waals surface area contributed by atoms with Crippen LogP contribution in [-0.4, -0.2) is 33.9 Å². The van der Waals surface area contributed by atoms with Crippen molar-refractivity contribution in [1.82, 2.24) is 9.78 Å². The van der Waals surface area contributed by atoms with Crippen LogP contribution in [0.25, 0.3) is 6.08 Å². The predicted molar refractivity (Wildman–Crippen MR) is 90.6 cm³/mol. The average molecular weight is 308 g/mol. The average Bonchev–Trinajstić information content (AvgIpc) is 2.71. The zero-order chi connectivity index (χ0) is 16.0. The van der Waals surface area contributed by atoms with E-state index in [9.17, 15) is 0 Å². The molecule has 2 rings (SSSR count). The van der Waals surface area contributed by atoms with Gasteiger partial charge in [0.25, 0.3) is 0 Å². The number of rotatable bonds is 3. The maximum absolute atomic E-state index is 6.11. The molecule has 4 nitrogen and oxygen atoms in total. The Kier molecular flexibility index (Phi) is 4.35. The van der Waals surface area contributed by atoms with E-state index in [0.717, 1.165) is 22.4 Å². The van der Waals surface area contributed by atoms with Crippen molar-refractivity contribution < 1.29 is 9.31 Å². The van der Waals surface area contributed by atoms with E-state index in [2.05, 4.69) is 58.4 Å². The highest BCUT2D eigenvalue weighted by atomic mass is 32.1. The fourth-order valence-corrected chi connectivity index (χ4v) is 2.61. The molecule has 0 amide bonds. The lowest BCUT2D eigenvalue weighted by atomic mass is 9.78. The summed E-state index contributed by atoms with van der Waals surface area (Å²) in [5.41, 5.74) is 3.61. The molecule has 0 aliphatic carbocycles. The van der Waals surface area contributed by atoms with Crippen LogP contribution in [0.2, 0.25) is 0 Å². The number of aromatic nitrogens is 2. The van der Waals surface area contributed by atoms with Gasteiger partial charge >= 0.3 is 7.12 Å². The second kappa shape index (κ2) is 5.49. The van der Waals surface area contributed by atoms with Gasteiger partial charge in [-0.15, -0.1) is 0 Å². The number of hydrogen-bond donors (Lipinski definition) is 1. The third-order valence-electron chi connectivity index (χ3n) is 4.63. The summed E-state index contributed by atoms with van der Waals surface area (Å²) < 4.78 is 14.1. The molecule has 0 bridgehead atoms. The van der Waals surface area contributed by atoms with E-state index < -0.39 is 0 Å². The van der Waals surface area contributed by atoms with Crippen molar-refractivity contribution in [2.75, 3.05) is 5.75 Å². The Morgan fingerprint density at radius 1 is 1.24 bits per heavy atom. The first-order chi connectivity index (χ1) is 9.59. The molecule has 1 aliphatic rings. The Balaban J connectivity index is 2.35. The van der Waals surface area contributed by atoms with E-state index in [0.29, 0.717) is 5.75 Å². The molecule has 0 radical (unpaired) electrons. The summed E-state index contributed by atoms with van der Waals surface area (Å²) >= 11 is 4.45.